The Labute approximate surface area is 193 Å². The van der Waals surface area contributed by atoms with Crippen LogP contribution in [0.2, 0.25) is 0 Å². The van der Waals surface area contributed by atoms with Gasteiger partial charge in [-0.3, -0.25) is 9.59 Å². The molecular weight excluding hydrogens is 415 g/mol. The van der Waals surface area contributed by atoms with E-state index < -0.39 is 0 Å². The van der Waals surface area contributed by atoms with Gasteiger partial charge in [0.05, 0.1) is 0 Å². The first-order valence-corrected chi connectivity index (χ1v) is 11.5. The second-order valence-corrected chi connectivity index (χ2v) is 9.15. The summed E-state index contributed by atoms with van der Waals surface area (Å²) in [6.45, 7) is 1.76. The molecule has 3 aromatic carbocycles. The van der Waals surface area contributed by atoms with Crippen molar-refractivity contribution in [3.8, 4) is 11.1 Å². The summed E-state index contributed by atoms with van der Waals surface area (Å²) in [4.78, 5) is 27.8. The minimum absolute atomic E-state index is 0.0305. The lowest BCUT2D eigenvalue weighted by Gasteiger charge is -2.49. The van der Waals surface area contributed by atoms with E-state index in [0.717, 1.165) is 29.5 Å². The zero-order valence-electron chi connectivity index (χ0n) is 18.5. The molecule has 2 aliphatic rings. The molecule has 0 radical (unpaired) electrons. The lowest BCUT2D eigenvalue weighted by molar-refractivity contribution is -0.127. The number of halogens is 1. The second kappa shape index (κ2) is 8.81. The third kappa shape index (κ3) is 4.15. The van der Waals surface area contributed by atoms with E-state index in [1.807, 2.05) is 71.6 Å². The molecule has 1 spiro atoms. The van der Waals surface area contributed by atoms with Gasteiger partial charge in [0, 0.05) is 37.5 Å². The third-order valence-electron chi connectivity index (χ3n) is 7.32. The molecule has 0 aliphatic carbocycles. The highest BCUT2D eigenvalue weighted by Gasteiger charge is 2.46. The quantitative estimate of drug-likeness (QED) is 0.619. The van der Waals surface area contributed by atoms with Gasteiger partial charge in [-0.2, -0.15) is 0 Å². The highest BCUT2D eigenvalue weighted by molar-refractivity contribution is 6.01. The minimum Gasteiger partial charge on any atom is -0.355 e. The van der Waals surface area contributed by atoms with Gasteiger partial charge < -0.3 is 10.2 Å². The van der Waals surface area contributed by atoms with Crippen molar-refractivity contribution < 1.29 is 14.0 Å². The summed E-state index contributed by atoms with van der Waals surface area (Å²) in [5.74, 6) is -0.0553. The van der Waals surface area contributed by atoms with Gasteiger partial charge in [0.2, 0.25) is 5.91 Å². The highest BCUT2D eigenvalue weighted by atomic mass is 19.1. The number of nitrogens with zero attached hydrogens (tertiary/aromatic N) is 1. The van der Waals surface area contributed by atoms with Crippen molar-refractivity contribution in [2.75, 3.05) is 19.6 Å². The fourth-order valence-electron chi connectivity index (χ4n) is 5.49. The van der Waals surface area contributed by atoms with Crippen molar-refractivity contribution >= 4 is 11.8 Å². The lowest BCUT2D eigenvalue weighted by atomic mass is 9.62. The van der Waals surface area contributed by atoms with E-state index in [2.05, 4.69) is 5.32 Å². The number of hydrogen-bond donors (Lipinski definition) is 1. The molecule has 2 amide bonds. The van der Waals surface area contributed by atoms with E-state index in [1.54, 1.807) is 0 Å². The number of rotatable bonds is 3. The maximum atomic E-state index is 13.5. The van der Waals surface area contributed by atoms with Crippen LogP contribution in [0.1, 0.15) is 41.1 Å². The SMILES string of the molecule is O=C1CC2(CCN(C(=O)c3ccccc3-c3ccccc3)CC2)C(c2ccc(F)cc2)CN1. The van der Waals surface area contributed by atoms with Crippen LogP contribution in [0.5, 0.6) is 0 Å². The molecule has 0 aromatic heterocycles. The highest BCUT2D eigenvalue weighted by Crippen LogP contribution is 2.49. The number of amides is 2. The molecule has 1 atom stereocenters. The second-order valence-electron chi connectivity index (χ2n) is 9.15. The predicted molar refractivity (Wildman–Crippen MR) is 126 cm³/mol. The van der Waals surface area contributed by atoms with Crippen molar-refractivity contribution in [1.29, 1.82) is 0 Å². The first-order valence-electron chi connectivity index (χ1n) is 11.5. The average molecular weight is 443 g/mol. The van der Waals surface area contributed by atoms with Crippen LogP contribution in [-0.4, -0.2) is 36.3 Å². The van der Waals surface area contributed by atoms with Crippen LogP contribution < -0.4 is 5.32 Å². The van der Waals surface area contributed by atoms with Crippen molar-refractivity contribution in [3.63, 3.8) is 0 Å². The standard InChI is InChI=1S/C28H27FN2O2/c29-22-12-10-21(11-13-22)25-19-30-26(32)18-28(25)14-16-31(17-15-28)27(33)24-9-5-4-8-23(24)20-6-2-1-3-7-20/h1-13,25H,14-19H2,(H,30,32). The number of carbonyl (C=O) groups is 2. The summed E-state index contributed by atoms with van der Waals surface area (Å²) < 4.78 is 13.5. The molecular formula is C28H27FN2O2. The average Bonchev–Trinajstić information content (AvgIpc) is 2.85. The fraction of sp³-hybridized carbons (Fsp3) is 0.286. The summed E-state index contributed by atoms with van der Waals surface area (Å²) in [5, 5.41) is 2.99. The first-order chi connectivity index (χ1) is 16.1. The maximum Gasteiger partial charge on any atom is 0.254 e. The Morgan fingerprint density at radius 2 is 1.58 bits per heavy atom. The van der Waals surface area contributed by atoms with E-state index in [-0.39, 0.29) is 29.0 Å². The Morgan fingerprint density at radius 3 is 2.30 bits per heavy atom. The topological polar surface area (TPSA) is 49.4 Å². The van der Waals surface area contributed by atoms with Crippen LogP contribution in [0.4, 0.5) is 4.39 Å². The Morgan fingerprint density at radius 1 is 0.909 bits per heavy atom. The molecule has 2 aliphatic heterocycles. The summed E-state index contributed by atoms with van der Waals surface area (Å²) >= 11 is 0. The van der Waals surface area contributed by atoms with E-state index in [9.17, 15) is 14.0 Å². The smallest absolute Gasteiger partial charge is 0.254 e. The number of piperidine rings is 2. The van der Waals surface area contributed by atoms with Crippen molar-refractivity contribution in [2.45, 2.75) is 25.2 Å². The van der Waals surface area contributed by atoms with E-state index in [1.165, 1.54) is 12.1 Å². The maximum absolute atomic E-state index is 13.5. The Bertz CT molecular complexity index is 1150. The molecule has 4 nitrogen and oxygen atoms in total. The van der Waals surface area contributed by atoms with Crippen molar-refractivity contribution in [2.24, 2.45) is 5.41 Å². The van der Waals surface area contributed by atoms with Gasteiger partial charge in [-0.15, -0.1) is 0 Å². The molecule has 2 saturated heterocycles. The van der Waals surface area contributed by atoms with Gasteiger partial charge in [0.15, 0.2) is 0 Å². The van der Waals surface area contributed by atoms with Crippen molar-refractivity contribution in [3.05, 3.63) is 95.8 Å². The summed E-state index contributed by atoms with van der Waals surface area (Å²) in [6, 6.07) is 24.3. The summed E-state index contributed by atoms with van der Waals surface area (Å²) in [5.41, 5.74) is 3.50. The Kier molecular flexibility index (Phi) is 5.71. The van der Waals surface area contributed by atoms with Gasteiger partial charge in [0.25, 0.3) is 5.91 Å². The molecule has 5 heteroatoms. The third-order valence-corrected chi connectivity index (χ3v) is 7.32. The molecule has 1 unspecified atom stereocenters. The molecule has 0 saturated carbocycles. The minimum atomic E-state index is -0.259. The molecule has 1 N–H and O–H groups in total. The molecule has 2 heterocycles. The van der Waals surface area contributed by atoms with Crippen molar-refractivity contribution in [1.82, 2.24) is 10.2 Å². The Hall–Kier alpha value is -3.47. The zero-order chi connectivity index (χ0) is 22.8. The van der Waals surface area contributed by atoms with Gasteiger partial charge in [0.1, 0.15) is 5.82 Å². The number of benzene rings is 3. The molecule has 0 bridgehead atoms. The van der Waals surface area contributed by atoms with Crippen LogP contribution >= 0.6 is 0 Å². The largest absolute Gasteiger partial charge is 0.355 e. The Balaban J connectivity index is 1.38. The molecule has 168 valence electrons. The summed E-state index contributed by atoms with van der Waals surface area (Å²) in [6.07, 6.45) is 1.95. The van der Waals surface area contributed by atoms with E-state index >= 15 is 0 Å². The number of hydrogen-bond acceptors (Lipinski definition) is 2. The van der Waals surface area contributed by atoms with Crippen LogP contribution in [0.15, 0.2) is 78.9 Å². The number of nitrogens with one attached hydrogen (secondary N) is 1. The molecule has 33 heavy (non-hydrogen) atoms. The number of carbonyl (C=O) groups excluding carboxylic acids is 2. The van der Waals surface area contributed by atoms with Gasteiger partial charge in [-0.1, -0.05) is 60.7 Å². The van der Waals surface area contributed by atoms with Crippen LogP contribution in [-0.2, 0) is 4.79 Å². The number of likely N-dealkylation sites (tertiary alicyclic amines) is 1. The van der Waals surface area contributed by atoms with Gasteiger partial charge in [-0.25, -0.2) is 4.39 Å². The first kappa shape index (κ1) is 21.4. The van der Waals surface area contributed by atoms with Crippen LogP contribution in [0.25, 0.3) is 11.1 Å². The van der Waals surface area contributed by atoms with Gasteiger partial charge in [-0.05, 0) is 53.1 Å². The van der Waals surface area contributed by atoms with E-state index in [4.69, 9.17) is 0 Å². The fourth-order valence-corrected chi connectivity index (χ4v) is 5.49. The van der Waals surface area contributed by atoms with E-state index in [0.29, 0.717) is 31.6 Å². The lowest BCUT2D eigenvalue weighted by Crippen LogP contribution is -2.53. The monoisotopic (exact) mass is 442 g/mol. The predicted octanol–water partition coefficient (Wildman–Crippen LogP) is 5.02. The van der Waals surface area contributed by atoms with Crippen LogP contribution in [0.3, 0.4) is 0 Å². The molecule has 5 rings (SSSR count). The molecule has 2 fully saturated rings. The van der Waals surface area contributed by atoms with Gasteiger partial charge >= 0.3 is 0 Å². The molecule has 3 aromatic rings. The zero-order valence-corrected chi connectivity index (χ0v) is 18.5. The van der Waals surface area contributed by atoms with Crippen LogP contribution in [0, 0.1) is 11.2 Å². The normalized spacial score (nSPS) is 19.8. The summed E-state index contributed by atoms with van der Waals surface area (Å²) in [7, 11) is 0.